The number of carbonyl (C=O) groups is 3. The summed E-state index contributed by atoms with van der Waals surface area (Å²) in [6, 6.07) is 3.25. The molecule has 1 unspecified atom stereocenters. The van der Waals surface area contributed by atoms with Gasteiger partial charge < -0.3 is 21.1 Å². The third-order valence-electron chi connectivity index (χ3n) is 2.65. The summed E-state index contributed by atoms with van der Waals surface area (Å²) in [7, 11) is 0. The third kappa shape index (κ3) is 6.26. The summed E-state index contributed by atoms with van der Waals surface area (Å²) in [5.41, 5.74) is 0. The summed E-state index contributed by atoms with van der Waals surface area (Å²) in [6.45, 7) is 3.24. The molecule has 0 saturated carbocycles. The van der Waals surface area contributed by atoms with Crippen LogP contribution >= 0.6 is 11.3 Å². The molecule has 0 aliphatic heterocycles. The smallest absolute Gasteiger partial charge is 0.322 e. The summed E-state index contributed by atoms with van der Waals surface area (Å²) in [4.78, 5) is 34.4. The zero-order valence-corrected chi connectivity index (χ0v) is 12.7. The van der Waals surface area contributed by atoms with Gasteiger partial charge in [0.05, 0.1) is 12.6 Å². The molecule has 1 aromatic heterocycles. The maximum atomic E-state index is 11.8. The fraction of sp³-hybridized carbons (Fsp3) is 0.462. The van der Waals surface area contributed by atoms with E-state index in [4.69, 9.17) is 5.11 Å². The molecule has 1 heterocycles. The van der Waals surface area contributed by atoms with Crippen LogP contribution in [0.1, 0.15) is 24.8 Å². The van der Waals surface area contributed by atoms with Gasteiger partial charge in [-0.05, 0) is 17.4 Å². The second kappa shape index (κ2) is 8.25. The second-order valence-corrected chi connectivity index (χ2v) is 5.71. The van der Waals surface area contributed by atoms with E-state index in [0.717, 1.165) is 4.88 Å². The van der Waals surface area contributed by atoms with Crippen LogP contribution in [0.25, 0.3) is 0 Å². The second-order valence-electron chi connectivity index (χ2n) is 4.73. The fourth-order valence-electron chi connectivity index (χ4n) is 1.62. The summed E-state index contributed by atoms with van der Waals surface area (Å²) in [5, 5.41) is 17.7. The minimum atomic E-state index is -1.13. The minimum Gasteiger partial charge on any atom is -0.480 e. The fourth-order valence-corrected chi connectivity index (χ4v) is 2.57. The maximum Gasteiger partial charge on any atom is 0.322 e. The number of carboxylic acids is 1. The lowest BCUT2D eigenvalue weighted by Gasteiger charge is -2.21. The van der Waals surface area contributed by atoms with Gasteiger partial charge in [0.15, 0.2) is 0 Å². The Bertz CT molecular complexity index is 488. The van der Waals surface area contributed by atoms with Crippen LogP contribution in [0.2, 0.25) is 0 Å². The number of aliphatic carboxylic acids is 1. The van der Waals surface area contributed by atoms with Crippen molar-refractivity contribution in [1.29, 1.82) is 0 Å². The lowest BCUT2D eigenvalue weighted by Crippen LogP contribution is -2.44. The van der Waals surface area contributed by atoms with E-state index in [-0.39, 0.29) is 18.5 Å². The molecule has 0 saturated heterocycles. The van der Waals surface area contributed by atoms with Crippen molar-refractivity contribution < 1.29 is 19.5 Å². The molecule has 7 nitrogen and oxygen atoms in total. The first-order chi connectivity index (χ1) is 9.90. The molecule has 4 N–H and O–H groups in total. The number of rotatable bonds is 7. The van der Waals surface area contributed by atoms with Gasteiger partial charge in [-0.2, -0.15) is 0 Å². The van der Waals surface area contributed by atoms with Crippen LogP contribution in [0.5, 0.6) is 0 Å². The van der Waals surface area contributed by atoms with E-state index in [1.54, 1.807) is 11.3 Å². The molecular weight excluding hydrogens is 294 g/mol. The van der Waals surface area contributed by atoms with Gasteiger partial charge in [0.25, 0.3) is 0 Å². The molecule has 0 spiro atoms. The third-order valence-corrected chi connectivity index (χ3v) is 3.60. The van der Waals surface area contributed by atoms with E-state index in [2.05, 4.69) is 16.0 Å². The molecule has 0 fully saturated rings. The number of thiophene rings is 1. The number of urea groups is 1. The van der Waals surface area contributed by atoms with Crippen molar-refractivity contribution in [3.05, 3.63) is 22.4 Å². The highest BCUT2D eigenvalue weighted by Gasteiger charge is 2.19. The molecule has 21 heavy (non-hydrogen) atoms. The number of hydrogen-bond acceptors (Lipinski definition) is 4. The monoisotopic (exact) mass is 313 g/mol. The van der Waals surface area contributed by atoms with Crippen LogP contribution in [-0.2, 0) is 9.59 Å². The number of carboxylic acid groups (broad SMARTS) is 1. The Balaban J connectivity index is 2.41. The van der Waals surface area contributed by atoms with E-state index in [0.29, 0.717) is 0 Å². The Labute approximate surface area is 126 Å². The molecule has 0 bridgehead atoms. The van der Waals surface area contributed by atoms with Crippen LogP contribution in [0, 0.1) is 5.92 Å². The summed E-state index contributed by atoms with van der Waals surface area (Å²) in [5.74, 6) is -1.48. The lowest BCUT2D eigenvalue weighted by molar-refractivity contribution is -0.137. The number of carbonyl (C=O) groups excluding carboxylic acids is 2. The molecule has 8 heteroatoms. The molecule has 1 aromatic rings. The SMILES string of the molecule is CC(C)C(NC(=O)NCC(=O)NCC(=O)O)c1cccs1. The van der Waals surface area contributed by atoms with Crippen molar-refractivity contribution in [2.75, 3.05) is 13.1 Å². The first kappa shape index (κ1) is 17.0. The van der Waals surface area contributed by atoms with Gasteiger partial charge in [-0.3, -0.25) is 9.59 Å². The Kier molecular flexibility index (Phi) is 6.67. The van der Waals surface area contributed by atoms with Crippen molar-refractivity contribution >= 4 is 29.2 Å². The molecule has 0 aromatic carbocycles. The van der Waals surface area contributed by atoms with Crippen LogP contribution in [0.15, 0.2) is 17.5 Å². The van der Waals surface area contributed by atoms with Crippen molar-refractivity contribution in [3.8, 4) is 0 Å². The Hall–Kier alpha value is -2.09. The zero-order valence-electron chi connectivity index (χ0n) is 11.9. The predicted molar refractivity (Wildman–Crippen MR) is 79.1 cm³/mol. The molecule has 0 aliphatic rings. The number of nitrogens with one attached hydrogen (secondary N) is 3. The van der Waals surface area contributed by atoms with Gasteiger partial charge in [-0.1, -0.05) is 19.9 Å². The Morgan fingerprint density at radius 3 is 2.48 bits per heavy atom. The first-order valence-electron chi connectivity index (χ1n) is 6.46. The molecular formula is C13H19N3O4S. The highest BCUT2D eigenvalue weighted by Crippen LogP contribution is 2.25. The first-order valence-corrected chi connectivity index (χ1v) is 7.34. The topological polar surface area (TPSA) is 108 Å². The van der Waals surface area contributed by atoms with Gasteiger partial charge >= 0.3 is 12.0 Å². The zero-order chi connectivity index (χ0) is 15.8. The van der Waals surface area contributed by atoms with E-state index >= 15 is 0 Å². The lowest BCUT2D eigenvalue weighted by atomic mass is 10.0. The average Bonchev–Trinajstić information content (AvgIpc) is 2.93. The van der Waals surface area contributed by atoms with E-state index < -0.39 is 24.5 Å². The highest BCUT2D eigenvalue weighted by molar-refractivity contribution is 7.10. The summed E-state index contributed by atoms with van der Waals surface area (Å²) in [6.07, 6.45) is 0. The largest absolute Gasteiger partial charge is 0.480 e. The number of amides is 3. The van der Waals surface area contributed by atoms with Crippen molar-refractivity contribution in [2.24, 2.45) is 5.92 Å². The number of hydrogen-bond donors (Lipinski definition) is 4. The van der Waals surface area contributed by atoms with Crippen LogP contribution in [0.4, 0.5) is 4.79 Å². The summed E-state index contributed by atoms with van der Waals surface area (Å²) < 4.78 is 0. The van der Waals surface area contributed by atoms with Crippen molar-refractivity contribution in [3.63, 3.8) is 0 Å². The van der Waals surface area contributed by atoms with Gasteiger partial charge in [-0.25, -0.2) is 4.79 Å². The standard InChI is InChI=1S/C13H19N3O4S/c1-8(2)12(9-4-3-5-21-9)16-13(20)15-6-10(17)14-7-11(18)19/h3-5,8,12H,6-7H2,1-2H3,(H,14,17)(H,18,19)(H2,15,16,20). The van der Waals surface area contributed by atoms with E-state index in [1.165, 1.54) is 0 Å². The molecule has 3 amide bonds. The normalized spacial score (nSPS) is 11.8. The van der Waals surface area contributed by atoms with Gasteiger partial charge in [0.2, 0.25) is 5.91 Å². The predicted octanol–water partition coefficient (Wildman–Crippen LogP) is 0.945. The maximum absolute atomic E-state index is 11.8. The van der Waals surface area contributed by atoms with E-state index in [1.807, 2.05) is 31.4 Å². The van der Waals surface area contributed by atoms with E-state index in [9.17, 15) is 14.4 Å². The molecule has 1 atom stereocenters. The average molecular weight is 313 g/mol. The van der Waals surface area contributed by atoms with Crippen molar-refractivity contribution in [1.82, 2.24) is 16.0 Å². The molecule has 0 radical (unpaired) electrons. The Morgan fingerprint density at radius 1 is 1.24 bits per heavy atom. The van der Waals surface area contributed by atoms with Crippen LogP contribution in [0.3, 0.4) is 0 Å². The molecule has 1 rings (SSSR count). The quantitative estimate of drug-likeness (QED) is 0.601. The summed E-state index contributed by atoms with van der Waals surface area (Å²) >= 11 is 1.55. The van der Waals surface area contributed by atoms with Gasteiger partial charge in [0.1, 0.15) is 6.54 Å². The molecule has 0 aliphatic carbocycles. The van der Waals surface area contributed by atoms with Crippen molar-refractivity contribution in [2.45, 2.75) is 19.9 Å². The van der Waals surface area contributed by atoms with Crippen LogP contribution in [-0.4, -0.2) is 36.1 Å². The minimum absolute atomic E-state index is 0.132. The van der Waals surface area contributed by atoms with Gasteiger partial charge in [0, 0.05) is 4.88 Å². The Morgan fingerprint density at radius 2 is 1.95 bits per heavy atom. The molecule has 116 valence electrons. The van der Waals surface area contributed by atoms with Crippen LogP contribution < -0.4 is 16.0 Å². The highest BCUT2D eigenvalue weighted by atomic mass is 32.1. The van der Waals surface area contributed by atoms with Gasteiger partial charge in [-0.15, -0.1) is 11.3 Å².